The van der Waals surface area contributed by atoms with Crippen LogP contribution in [0.3, 0.4) is 0 Å². The number of benzene rings is 1. The number of ether oxygens (including phenoxy) is 2. The first kappa shape index (κ1) is 19.3. The third kappa shape index (κ3) is 4.45. The maximum atomic E-state index is 12.5. The molecule has 0 aliphatic carbocycles. The van der Waals surface area contributed by atoms with Crippen LogP contribution in [0, 0.1) is 0 Å². The van der Waals surface area contributed by atoms with Gasteiger partial charge in [-0.25, -0.2) is 9.97 Å². The van der Waals surface area contributed by atoms with Gasteiger partial charge in [-0.1, -0.05) is 6.92 Å². The maximum absolute atomic E-state index is 12.5. The lowest BCUT2D eigenvalue weighted by Crippen LogP contribution is -2.17. The number of hydrogen-bond acceptors (Lipinski definition) is 6. The zero-order valence-corrected chi connectivity index (χ0v) is 14.9. The summed E-state index contributed by atoms with van der Waals surface area (Å²) in [6, 6.07) is 6.36. The highest BCUT2D eigenvalue weighted by Crippen LogP contribution is 2.28. The number of hydrogen-bond donors (Lipinski definition) is 0. The van der Waals surface area contributed by atoms with Gasteiger partial charge in [-0.3, -0.25) is 4.79 Å². The van der Waals surface area contributed by atoms with Crippen molar-refractivity contribution in [2.75, 3.05) is 0 Å². The topological polar surface area (TPSA) is 79.1 Å². The fourth-order valence-electron chi connectivity index (χ4n) is 2.25. The van der Waals surface area contributed by atoms with Crippen molar-refractivity contribution in [3.63, 3.8) is 0 Å². The lowest BCUT2D eigenvalue weighted by Gasteiger charge is -2.11. The molecule has 2 heterocycles. The summed E-state index contributed by atoms with van der Waals surface area (Å²) in [5.41, 5.74) is 0.232. The van der Waals surface area contributed by atoms with Crippen LogP contribution in [-0.2, 0) is 19.6 Å². The molecule has 0 amide bonds. The summed E-state index contributed by atoms with van der Waals surface area (Å²) < 4.78 is 50.0. The molecule has 0 N–H and O–H groups in total. The Kier molecular flexibility index (Phi) is 5.30. The molecular weight excluding hydrogens is 377 g/mol. The van der Waals surface area contributed by atoms with Gasteiger partial charge in [-0.05, 0) is 30.7 Å². The van der Waals surface area contributed by atoms with E-state index in [0.717, 1.165) is 12.4 Å². The maximum Gasteiger partial charge on any atom is 0.451 e. The summed E-state index contributed by atoms with van der Waals surface area (Å²) in [7, 11) is 1.71. The quantitative estimate of drug-likeness (QED) is 0.658. The minimum absolute atomic E-state index is 0.0564. The fourth-order valence-corrected chi connectivity index (χ4v) is 2.25. The third-order valence-electron chi connectivity index (χ3n) is 3.65. The van der Waals surface area contributed by atoms with Gasteiger partial charge < -0.3 is 14.0 Å². The molecule has 0 unspecified atom stereocenters. The standard InChI is InChI=1S/C18H15F3N4O3/c1-3-11-10-25(2)17(24-15(11)26)28-13-6-4-12(5-7-13)27-14-8-22-16(23-9-14)18(19,20)21/h4-10H,3H2,1-2H3. The molecule has 3 rings (SSSR count). The van der Waals surface area contributed by atoms with Gasteiger partial charge in [0.25, 0.3) is 5.56 Å². The Morgan fingerprint density at radius 1 is 1.00 bits per heavy atom. The van der Waals surface area contributed by atoms with E-state index in [0.29, 0.717) is 23.5 Å². The molecule has 0 saturated heterocycles. The molecule has 0 aliphatic rings. The van der Waals surface area contributed by atoms with Crippen LogP contribution in [0.2, 0.25) is 0 Å². The first-order chi connectivity index (χ1) is 13.3. The smallest absolute Gasteiger partial charge is 0.451 e. The number of nitrogens with zero attached hydrogens (tertiary/aromatic N) is 4. The van der Waals surface area contributed by atoms with Gasteiger partial charge in [0.1, 0.15) is 11.5 Å². The van der Waals surface area contributed by atoms with Gasteiger partial charge >= 0.3 is 12.2 Å². The summed E-state index contributed by atoms with van der Waals surface area (Å²) in [5, 5.41) is 0. The van der Waals surface area contributed by atoms with E-state index < -0.39 is 12.0 Å². The molecule has 0 aliphatic heterocycles. The third-order valence-corrected chi connectivity index (χ3v) is 3.65. The summed E-state index contributed by atoms with van der Waals surface area (Å²) in [6.45, 7) is 1.86. The molecule has 28 heavy (non-hydrogen) atoms. The fraction of sp³-hybridized carbons (Fsp3) is 0.222. The van der Waals surface area contributed by atoms with E-state index in [1.54, 1.807) is 42.1 Å². The molecule has 0 atom stereocenters. The zero-order chi connectivity index (χ0) is 20.3. The Morgan fingerprint density at radius 2 is 1.57 bits per heavy atom. The van der Waals surface area contributed by atoms with Gasteiger partial charge in [0, 0.05) is 18.8 Å². The Bertz CT molecular complexity index is 1020. The number of rotatable bonds is 5. The molecule has 2 aromatic heterocycles. The predicted octanol–water partition coefficient (Wildman–Crippen LogP) is 3.74. The van der Waals surface area contributed by atoms with E-state index in [1.165, 1.54) is 0 Å². The monoisotopic (exact) mass is 392 g/mol. The lowest BCUT2D eigenvalue weighted by molar-refractivity contribution is -0.145. The van der Waals surface area contributed by atoms with Gasteiger partial charge in [0.05, 0.1) is 12.4 Å². The van der Waals surface area contributed by atoms with E-state index in [1.807, 2.05) is 6.92 Å². The van der Waals surface area contributed by atoms with E-state index in [-0.39, 0.29) is 17.3 Å². The Labute approximate surface area is 157 Å². The second-order valence-corrected chi connectivity index (χ2v) is 5.73. The Hall–Kier alpha value is -3.43. The molecule has 10 heteroatoms. The molecule has 0 radical (unpaired) electrons. The molecule has 3 aromatic rings. The SMILES string of the molecule is CCc1cn(C)c(Oc2ccc(Oc3cnc(C(F)(F)F)nc3)cc2)nc1=O. The minimum atomic E-state index is -4.61. The van der Waals surface area contributed by atoms with E-state index in [4.69, 9.17) is 9.47 Å². The predicted molar refractivity (Wildman–Crippen MR) is 92.5 cm³/mol. The Morgan fingerprint density at radius 3 is 2.11 bits per heavy atom. The highest BCUT2D eigenvalue weighted by molar-refractivity contribution is 5.35. The zero-order valence-electron chi connectivity index (χ0n) is 14.9. The first-order valence-corrected chi connectivity index (χ1v) is 8.18. The molecule has 7 nitrogen and oxygen atoms in total. The average molecular weight is 392 g/mol. The molecule has 0 fully saturated rings. The van der Waals surface area contributed by atoms with Crippen LogP contribution < -0.4 is 15.0 Å². The molecular formula is C18H15F3N4O3. The number of halogens is 3. The van der Waals surface area contributed by atoms with Crippen molar-refractivity contribution in [2.24, 2.45) is 7.05 Å². The van der Waals surface area contributed by atoms with Crippen molar-refractivity contribution < 1.29 is 22.6 Å². The van der Waals surface area contributed by atoms with E-state index in [2.05, 4.69) is 15.0 Å². The van der Waals surface area contributed by atoms with Crippen molar-refractivity contribution in [2.45, 2.75) is 19.5 Å². The van der Waals surface area contributed by atoms with Crippen LogP contribution >= 0.6 is 0 Å². The number of aromatic nitrogens is 4. The number of aryl methyl sites for hydroxylation is 2. The second kappa shape index (κ2) is 7.67. The van der Waals surface area contributed by atoms with Crippen LogP contribution in [0.25, 0.3) is 0 Å². The van der Waals surface area contributed by atoms with Crippen molar-refractivity contribution >= 4 is 0 Å². The van der Waals surface area contributed by atoms with Crippen molar-refractivity contribution in [1.82, 2.24) is 19.5 Å². The first-order valence-electron chi connectivity index (χ1n) is 8.18. The van der Waals surface area contributed by atoms with Crippen LogP contribution in [0.1, 0.15) is 18.3 Å². The van der Waals surface area contributed by atoms with E-state index >= 15 is 0 Å². The summed E-state index contributed by atoms with van der Waals surface area (Å²) in [4.78, 5) is 22.2. The lowest BCUT2D eigenvalue weighted by atomic mass is 10.3. The number of alkyl halides is 3. The van der Waals surface area contributed by atoms with Gasteiger partial charge in [0.2, 0.25) is 5.82 Å². The molecule has 0 bridgehead atoms. The van der Waals surface area contributed by atoms with Crippen LogP contribution in [0.5, 0.6) is 23.3 Å². The van der Waals surface area contributed by atoms with Crippen LogP contribution in [0.4, 0.5) is 13.2 Å². The van der Waals surface area contributed by atoms with Crippen molar-refractivity contribution in [3.05, 3.63) is 64.6 Å². The van der Waals surface area contributed by atoms with E-state index in [9.17, 15) is 18.0 Å². The second-order valence-electron chi connectivity index (χ2n) is 5.73. The summed E-state index contributed by atoms with van der Waals surface area (Å²) in [5.74, 6) is -0.432. The molecule has 146 valence electrons. The largest absolute Gasteiger partial charge is 0.454 e. The van der Waals surface area contributed by atoms with Crippen molar-refractivity contribution in [1.29, 1.82) is 0 Å². The average Bonchev–Trinajstić information content (AvgIpc) is 2.65. The van der Waals surface area contributed by atoms with Gasteiger partial charge in [-0.15, -0.1) is 0 Å². The molecule has 0 saturated carbocycles. The van der Waals surface area contributed by atoms with Crippen LogP contribution in [-0.4, -0.2) is 19.5 Å². The normalized spacial score (nSPS) is 11.3. The molecule has 1 aromatic carbocycles. The van der Waals surface area contributed by atoms with Gasteiger partial charge in [-0.2, -0.15) is 18.2 Å². The highest BCUT2D eigenvalue weighted by atomic mass is 19.4. The molecule has 0 spiro atoms. The highest BCUT2D eigenvalue weighted by Gasteiger charge is 2.34. The summed E-state index contributed by atoms with van der Waals surface area (Å²) in [6.07, 6.45) is -0.502. The van der Waals surface area contributed by atoms with Crippen LogP contribution in [0.15, 0.2) is 47.7 Å². The minimum Gasteiger partial charge on any atom is -0.454 e. The Balaban J connectivity index is 1.70. The summed E-state index contributed by atoms with van der Waals surface area (Å²) >= 11 is 0. The van der Waals surface area contributed by atoms with Crippen molar-refractivity contribution in [3.8, 4) is 23.3 Å². The van der Waals surface area contributed by atoms with Gasteiger partial charge in [0.15, 0.2) is 5.75 Å².